The Morgan fingerprint density at radius 3 is 2.47 bits per heavy atom. The molecule has 1 aromatic heterocycles. The maximum absolute atomic E-state index is 12.5. The quantitative estimate of drug-likeness (QED) is 0.515. The molecular weight excluding hydrogens is 430 g/mol. The van der Waals surface area contributed by atoms with Gasteiger partial charge in [-0.3, -0.25) is 9.59 Å². The summed E-state index contributed by atoms with van der Waals surface area (Å²) in [6.45, 7) is 4.38. The van der Waals surface area contributed by atoms with Gasteiger partial charge in [0.25, 0.3) is 0 Å². The number of amides is 2. The zero-order valence-electron chi connectivity index (χ0n) is 18.2. The van der Waals surface area contributed by atoms with Crippen molar-refractivity contribution in [1.29, 1.82) is 0 Å². The number of rotatable bonds is 8. The summed E-state index contributed by atoms with van der Waals surface area (Å²) in [5.74, 6) is -0.159. The minimum absolute atomic E-state index is 0.00466. The van der Waals surface area contributed by atoms with Gasteiger partial charge in [0.2, 0.25) is 5.91 Å². The number of hydrogen-bond donors (Lipinski definition) is 3. The molecule has 9 heteroatoms. The van der Waals surface area contributed by atoms with E-state index in [4.69, 9.17) is 0 Å². The fraction of sp³-hybridized carbons (Fsp3) is 0.522. The fourth-order valence-corrected chi connectivity index (χ4v) is 5.29. The molecule has 1 fully saturated rings. The number of hydrogen-bond acceptors (Lipinski definition) is 5. The maximum Gasteiger partial charge on any atom is 0.407 e. The van der Waals surface area contributed by atoms with Crippen LogP contribution in [0.3, 0.4) is 0 Å². The van der Waals surface area contributed by atoms with Gasteiger partial charge >= 0.3 is 11.0 Å². The number of fused-ring (bicyclic) bond motifs is 1. The van der Waals surface area contributed by atoms with Crippen LogP contribution in [0, 0.1) is 0 Å². The number of phenolic OH excluding ortho intramolecular Hbond substituents is 1. The summed E-state index contributed by atoms with van der Waals surface area (Å²) in [4.78, 5) is 41.6. The first-order valence-corrected chi connectivity index (χ1v) is 12.0. The van der Waals surface area contributed by atoms with Crippen LogP contribution in [-0.4, -0.2) is 62.7 Å². The van der Waals surface area contributed by atoms with Crippen molar-refractivity contribution in [3.8, 4) is 5.75 Å². The molecule has 174 valence electrons. The Kier molecular flexibility index (Phi) is 8.33. The first kappa shape index (κ1) is 23.8. The van der Waals surface area contributed by atoms with Gasteiger partial charge in [-0.1, -0.05) is 56.1 Å². The van der Waals surface area contributed by atoms with Crippen molar-refractivity contribution in [2.24, 2.45) is 0 Å². The normalized spacial score (nSPS) is 15.1. The molecule has 0 unspecified atom stereocenters. The summed E-state index contributed by atoms with van der Waals surface area (Å²) in [7, 11) is 0. The summed E-state index contributed by atoms with van der Waals surface area (Å²) >= 11 is 1.000. The van der Waals surface area contributed by atoms with Crippen LogP contribution >= 0.6 is 11.3 Å². The molecule has 0 bridgehead atoms. The third-order valence-corrected chi connectivity index (χ3v) is 7.10. The average molecular weight is 462 g/mol. The topological polar surface area (TPSA) is 114 Å². The number of carboxylic acid groups (broad SMARTS) is 1. The van der Waals surface area contributed by atoms with Crippen LogP contribution in [0.2, 0.25) is 0 Å². The van der Waals surface area contributed by atoms with Crippen molar-refractivity contribution in [2.45, 2.75) is 57.4 Å². The van der Waals surface area contributed by atoms with E-state index in [9.17, 15) is 24.6 Å². The molecule has 0 radical (unpaired) electrons. The molecule has 32 heavy (non-hydrogen) atoms. The number of carbonyl (C=O) groups excluding carboxylic acids is 1. The smallest absolute Gasteiger partial charge is 0.407 e. The highest BCUT2D eigenvalue weighted by molar-refractivity contribution is 7.16. The zero-order chi connectivity index (χ0) is 23.1. The number of phenols is 1. The van der Waals surface area contributed by atoms with Gasteiger partial charge in [-0.2, -0.15) is 0 Å². The summed E-state index contributed by atoms with van der Waals surface area (Å²) in [5.41, 5.74) is 1.18. The van der Waals surface area contributed by atoms with Crippen LogP contribution in [0.4, 0.5) is 4.79 Å². The van der Waals surface area contributed by atoms with Gasteiger partial charge in [0.15, 0.2) is 0 Å². The van der Waals surface area contributed by atoms with Gasteiger partial charge in [-0.15, -0.1) is 0 Å². The molecule has 1 aliphatic carbocycles. The van der Waals surface area contributed by atoms with E-state index in [1.165, 1.54) is 36.3 Å². The molecule has 1 aromatic carbocycles. The summed E-state index contributed by atoms with van der Waals surface area (Å²) < 4.78 is 0.637. The van der Waals surface area contributed by atoms with E-state index >= 15 is 0 Å². The van der Waals surface area contributed by atoms with E-state index in [-0.39, 0.29) is 35.7 Å². The third-order valence-electron chi connectivity index (χ3n) is 6.14. The predicted molar refractivity (Wildman–Crippen MR) is 125 cm³/mol. The number of H-pyrrole nitrogens is 1. The van der Waals surface area contributed by atoms with Crippen LogP contribution in [-0.2, 0) is 11.2 Å². The lowest BCUT2D eigenvalue weighted by atomic mass is 9.95. The number of thiazole rings is 1. The first-order chi connectivity index (χ1) is 15.4. The van der Waals surface area contributed by atoms with Crippen molar-refractivity contribution >= 4 is 33.6 Å². The molecule has 3 N–H and O–H groups in total. The van der Waals surface area contributed by atoms with Crippen LogP contribution in [0.1, 0.15) is 50.5 Å². The SMILES string of the molecule is C=CC(=O)N(CCN(CCc1ccc(O)c2[nH]c(=O)sc12)C(=O)O)C1CCCCCCC1. The highest BCUT2D eigenvalue weighted by Gasteiger charge is 2.24. The molecule has 0 aliphatic heterocycles. The monoisotopic (exact) mass is 461 g/mol. The van der Waals surface area contributed by atoms with E-state index < -0.39 is 6.09 Å². The Morgan fingerprint density at radius 1 is 1.12 bits per heavy atom. The summed E-state index contributed by atoms with van der Waals surface area (Å²) in [6, 6.07) is 3.33. The molecule has 0 atom stereocenters. The van der Waals surface area contributed by atoms with Crippen molar-refractivity contribution in [3.63, 3.8) is 0 Å². The summed E-state index contributed by atoms with van der Waals surface area (Å²) in [6.07, 6.45) is 8.24. The van der Waals surface area contributed by atoms with Gasteiger partial charge in [-0.25, -0.2) is 4.79 Å². The van der Waals surface area contributed by atoms with Crippen LogP contribution in [0.5, 0.6) is 5.75 Å². The number of aromatic amines is 1. The van der Waals surface area contributed by atoms with Gasteiger partial charge in [0.1, 0.15) is 11.3 Å². The molecule has 2 aromatic rings. The largest absolute Gasteiger partial charge is 0.506 e. The van der Waals surface area contributed by atoms with E-state index in [1.807, 2.05) is 0 Å². The third kappa shape index (κ3) is 5.91. The Hall–Kier alpha value is -2.81. The highest BCUT2D eigenvalue weighted by atomic mass is 32.1. The Labute approximate surface area is 191 Å². The summed E-state index contributed by atoms with van der Waals surface area (Å²) in [5, 5.41) is 19.7. The molecule has 0 spiro atoms. The molecule has 2 amide bonds. The Morgan fingerprint density at radius 2 is 1.81 bits per heavy atom. The van der Waals surface area contributed by atoms with E-state index in [2.05, 4.69) is 11.6 Å². The lowest BCUT2D eigenvalue weighted by Crippen LogP contribution is -2.45. The molecule has 1 heterocycles. The maximum atomic E-state index is 12.5. The standard InChI is InChI=1S/C23H31N3O5S/c1-2-19(28)26(17-8-6-4-3-5-7-9-17)15-14-25(23(30)31)13-12-16-10-11-18(27)20-21(16)32-22(29)24-20/h2,10-11,17,27H,1,3-9,12-15H2,(H,24,29)(H,30,31). The Balaban J connectivity index is 1.68. The van der Waals surface area contributed by atoms with Gasteiger partial charge in [0.05, 0.1) is 4.70 Å². The molecule has 0 saturated heterocycles. The van der Waals surface area contributed by atoms with Crippen molar-refractivity contribution in [2.75, 3.05) is 19.6 Å². The zero-order valence-corrected chi connectivity index (χ0v) is 19.0. The molecule has 3 rings (SSSR count). The Bertz CT molecular complexity index is 1010. The highest BCUT2D eigenvalue weighted by Crippen LogP contribution is 2.28. The second-order valence-corrected chi connectivity index (χ2v) is 9.20. The van der Waals surface area contributed by atoms with E-state index in [0.29, 0.717) is 23.2 Å². The fourth-order valence-electron chi connectivity index (χ4n) is 4.39. The second kappa shape index (κ2) is 11.2. The number of nitrogens with one attached hydrogen (secondary N) is 1. The van der Waals surface area contributed by atoms with Gasteiger partial charge < -0.3 is 25.0 Å². The lowest BCUT2D eigenvalue weighted by molar-refractivity contribution is -0.128. The second-order valence-electron chi connectivity index (χ2n) is 8.22. The van der Waals surface area contributed by atoms with Crippen molar-refractivity contribution < 1.29 is 19.8 Å². The predicted octanol–water partition coefficient (Wildman–Crippen LogP) is 3.95. The van der Waals surface area contributed by atoms with Gasteiger partial charge in [-0.05, 0) is 37.0 Å². The number of aromatic hydroxyl groups is 1. The molecule has 1 aliphatic rings. The average Bonchev–Trinajstić information content (AvgIpc) is 3.14. The van der Waals surface area contributed by atoms with E-state index in [0.717, 1.165) is 42.6 Å². The minimum Gasteiger partial charge on any atom is -0.506 e. The number of benzene rings is 1. The lowest BCUT2D eigenvalue weighted by Gasteiger charge is -2.34. The number of nitrogens with zero attached hydrogens (tertiary/aromatic N) is 2. The molecular formula is C23H31N3O5S. The van der Waals surface area contributed by atoms with Crippen molar-refractivity contribution in [3.05, 3.63) is 40.0 Å². The minimum atomic E-state index is -1.05. The first-order valence-electron chi connectivity index (χ1n) is 11.1. The molecule has 8 nitrogen and oxygen atoms in total. The van der Waals surface area contributed by atoms with Crippen LogP contribution < -0.4 is 4.87 Å². The van der Waals surface area contributed by atoms with Crippen LogP contribution in [0.25, 0.3) is 10.2 Å². The van der Waals surface area contributed by atoms with Crippen molar-refractivity contribution in [1.82, 2.24) is 14.8 Å². The molecule has 1 saturated carbocycles. The number of aromatic nitrogens is 1. The van der Waals surface area contributed by atoms with E-state index in [1.54, 1.807) is 11.0 Å². The number of carbonyl (C=O) groups is 2. The van der Waals surface area contributed by atoms with Gasteiger partial charge in [0, 0.05) is 25.7 Å². The van der Waals surface area contributed by atoms with Crippen LogP contribution in [0.15, 0.2) is 29.6 Å².